The van der Waals surface area contributed by atoms with Crippen molar-refractivity contribution in [1.29, 1.82) is 0 Å². The standard InChI is InChI=1S/C20H25NO3.ClH/c21-19(15-17-10-12-18(22)13-11-17)20(23)24-14-6-2-5-9-16-7-3-1-4-8-16;/h1,3-4,7-8,10-13,19,22H,2,5-6,9,14-15,21H2;1H/t19-;/m0./s1. The Morgan fingerprint density at radius 2 is 1.64 bits per heavy atom. The minimum atomic E-state index is -0.668. The maximum Gasteiger partial charge on any atom is 0.323 e. The molecule has 0 radical (unpaired) electrons. The van der Waals surface area contributed by atoms with Gasteiger partial charge in [-0.1, -0.05) is 42.5 Å². The zero-order chi connectivity index (χ0) is 17.2. The van der Waals surface area contributed by atoms with Gasteiger partial charge in [0.1, 0.15) is 11.8 Å². The number of benzene rings is 2. The van der Waals surface area contributed by atoms with Crippen LogP contribution in [0, 0.1) is 0 Å². The summed E-state index contributed by atoms with van der Waals surface area (Å²) in [6.45, 7) is 0.414. The first-order valence-electron chi connectivity index (χ1n) is 8.39. The van der Waals surface area contributed by atoms with Crippen LogP contribution < -0.4 is 5.73 Å². The summed E-state index contributed by atoms with van der Waals surface area (Å²) < 4.78 is 5.24. The van der Waals surface area contributed by atoms with E-state index in [4.69, 9.17) is 10.5 Å². The smallest absolute Gasteiger partial charge is 0.323 e. The monoisotopic (exact) mass is 363 g/mol. The lowest BCUT2D eigenvalue weighted by Gasteiger charge is -2.11. The molecule has 2 aromatic carbocycles. The van der Waals surface area contributed by atoms with Crippen LogP contribution in [-0.2, 0) is 22.4 Å². The quantitative estimate of drug-likeness (QED) is 0.527. The molecular weight excluding hydrogens is 338 g/mol. The molecule has 5 heteroatoms. The van der Waals surface area contributed by atoms with E-state index in [1.807, 2.05) is 18.2 Å². The van der Waals surface area contributed by atoms with Gasteiger partial charge < -0.3 is 15.6 Å². The molecule has 0 aromatic heterocycles. The summed E-state index contributed by atoms with van der Waals surface area (Å²) in [6, 6.07) is 16.4. The van der Waals surface area contributed by atoms with Crippen LogP contribution in [0.1, 0.15) is 30.4 Å². The Kier molecular flexibility index (Phi) is 9.66. The van der Waals surface area contributed by atoms with Gasteiger partial charge in [0.25, 0.3) is 0 Å². The molecule has 0 amide bonds. The Morgan fingerprint density at radius 3 is 2.32 bits per heavy atom. The summed E-state index contributed by atoms with van der Waals surface area (Å²) in [7, 11) is 0. The highest BCUT2D eigenvalue weighted by molar-refractivity contribution is 5.85. The number of aryl methyl sites for hydroxylation is 1. The lowest BCUT2D eigenvalue weighted by molar-refractivity contribution is -0.145. The van der Waals surface area contributed by atoms with E-state index in [2.05, 4.69) is 12.1 Å². The first-order valence-corrected chi connectivity index (χ1v) is 8.39. The van der Waals surface area contributed by atoms with Crippen molar-refractivity contribution in [2.24, 2.45) is 5.73 Å². The fraction of sp³-hybridized carbons (Fsp3) is 0.350. The van der Waals surface area contributed by atoms with Crippen molar-refractivity contribution in [2.75, 3.05) is 6.61 Å². The first kappa shape index (κ1) is 21.0. The van der Waals surface area contributed by atoms with E-state index in [1.54, 1.807) is 24.3 Å². The third-order valence-electron chi connectivity index (χ3n) is 3.89. The highest BCUT2D eigenvalue weighted by Crippen LogP contribution is 2.11. The molecule has 0 aliphatic rings. The Labute approximate surface area is 155 Å². The predicted molar refractivity (Wildman–Crippen MR) is 102 cm³/mol. The lowest BCUT2D eigenvalue weighted by atomic mass is 10.1. The third kappa shape index (κ3) is 8.05. The zero-order valence-corrected chi connectivity index (χ0v) is 15.1. The normalized spacial score (nSPS) is 11.4. The molecule has 4 nitrogen and oxygen atoms in total. The molecule has 0 aliphatic heterocycles. The Morgan fingerprint density at radius 1 is 0.960 bits per heavy atom. The summed E-state index contributed by atoms with van der Waals surface area (Å²) in [5.41, 5.74) is 8.11. The topological polar surface area (TPSA) is 72.5 Å². The molecule has 0 heterocycles. The van der Waals surface area contributed by atoms with Gasteiger partial charge in [-0.3, -0.25) is 4.79 Å². The maximum atomic E-state index is 11.9. The number of hydrogen-bond acceptors (Lipinski definition) is 4. The number of esters is 1. The first-order chi connectivity index (χ1) is 11.6. The summed E-state index contributed by atoms with van der Waals surface area (Å²) in [5, 5.41) is 9.24. The number of phenolic OH excluding ortho intramolecular Hbond substituents is 1. The van der Waals surface area contributed by atoms with Gasteiger partial charge in [0.15, 0.2) is 0 Å². The summed E-state index contributed by atoms with van der Waals surface area (Å²) >= 11 is 0. The molecule has 0 aliphatic carbocycles. The van der Waals surface area contributed by atoms with Crippen molar-refractivity contribution in [2.45, 2.75) is 38.1 Å². The van der Waals surface area contributed by atoms with Crippen LogP contribution in [-0.4, -0.2) is 23.7 Å². The Balaban J connectivity index is 0.00000312. The van der Waals surface area contributed by atoms with E-state index in [0.29, 0.717) is 13.0 Å². The van der Waals surface area contributed by atoms with E-state index >= 15 is 0 Å². The number of ether oxygens (including phenoxy) is 1. The average Bonchev–Trinajstić information content (AvgIpc) is 2.60. The number of rotatable bonds is 9. The number of halogens is 1. The molecule has 0 saturated carbocycles. The lowest BCUT2D eigenvalue weighted by Crippen LogP contribution is -2.34. The molecule has 136 valence electrons. The van der Waals surface area contributed by atoms with E-state index < -0.39 is 6.04 Å². The van der Waals surface area contributed by atoms with Crippen LogP contribution in [0.2, 0.25) is 0 Å². The van der Waals surface area contributed by atoms with Gasteiger partial charge in [0.05, 0.1) is 6.61 Å². The van der Waals surface area contributed by atoms with Gasteiger partial charge in [0, 0.05) is 0 Å². The fourth-order valence-corrected chi connectivity index (χ4v) is 2.50. The van der Waals surface area contributed by atoms with Gasteiger partial charge in [0.2, 0.25) is 0 Å². The van der Waals surface area contributed by atoms with E-state index in [1.165, 1.54) is 5.56 Å². The van der Waals surface area contributed by atoms with Crippen molar-refractivity contribution in [3.63, 3.8) is 0 Å². The molecule has 2 rings (SSSR count). The number of aromatic hydroxyl groups is 1. The average molecular weight is 364 g/mol. The molecule has 25 heavy (non-hydrogen) atoms. The van der Waals surface area contributed by atoms with Gasteiger partial charge in [-0.2, -0.15) is 0 Å². The number of unbranched alkanes of at least 4 members (excludes halogenated alkanes) is 2. The molecule has 0 unspecified atom stereocenters. The zero-order valence-electron chi connectivity index (χ0n) is 14.3. The van der Waals surface area contributed by atoms with Gasteiger partial charge in [-0.05, 0) is 55.4 Å². The number of phenols is 1. The van der Waals surface area contributed by atoms with Crippen molar-refractivity contribution < 1.29 is 14.6 Å². The van der Waals surface area contributed by atoms with Crippen molar-refractivity contribution >= 4 is 18.4 Å². The second-order valence-electron chi connectivity index (χ2n) is 5.94. The van der Waals surface area contributed by atoms with Gasteiger partial charge in [-0.25, -0.2) is 0 Å². The molecule has 1 atom stereocenters. The molecule has 0 bridgehead atoms. The van der Waals surface area contributed by atoms with Crippen molar-refractivity contribution in [1.82, 2.24) is 0 Å². The number of carbonyl (C=O) groups is 1. The number of carbonyl (C=O) groups excluding carboxylic acids is 1. The molecule has 3 N–H and O–H groups in total. The van der Waals surface area contributed by atoms with E-state index in [9.17, 15) is 9.90 Å². The van der Waals surface area contributed by atoms with E-state index in [0.717, 1.165) is 31.2 Å². The van der Waals surface area contributed by atoms with Gasteiger partial charge in [-0.15, -0.1) is 12.4 Å². The van der Waals surface area contributed by atoms with Crippen LogP contribution in [0.25, 0.3) is 0 Å². The van der Waals surface area contributed by atoms with E-state index in [-0.39, 0.29) is 24.1 Å². The third-order valence-corrected chi connectivity index (χ3v) is 3.89. The van der Waals surface area contributed by atoms with Crippen LogP contribution in [0.4, 0.5) is 0 Å². The van der Waals surface area contributed by atoms with Crippen LogP contribution >= 0.6 is 12.4 Å². The summed E-state index contributed by atoms with van der Waals surface area (Å²) in [4.78, 5) is 11.9. The highest BCUT2D eigenvalue weighted by Gasteiger charge is 2.15. The molecule has 2 aromatic rings. The highest BCUT2D eigenvalue weighted by atomic mass is 35.5. The predicted octanol–water partition coefficient (Wildman–Crippen LogP) is 3.64. The number of nitrogens with two attached hydrogens (primary N) is 1. The van der Waals surface area contributed by atoms with Crippen LogP contribution in [0.3, 0.4) is 0 Å². The molecular formula is C20H26ClNO3. The second kappa shape index (κ2) is 11.5. The Bertz CT molecular complexity index is 617. The summed E-state index contributed by atoms with van der Waals surface area (Å²) in [5.74, 6) is -0.170. The van der Waals surface area contributed by atoms with Crippen molar-refractivity contribution in [3.05, 3.63) is 65.7 Å². The van der Waals surface area contributed by atoms with Crippen LogP contribution in [0.15, 0.2) is 54.6 Å². The van der Waals surface area contributed by atoms with Crippen molar-refractivity contribution in [3.8, 4) is 5.75 Å². The molecule has 0 spiro atoms. The molecule has 0 fully saturated rings. The second-order valence-corrected chi connectivity index (χ2v) is 5.94. The molecule has 0 saturated heterocycles. The number of hydrogen-bond donors (Lipinski definition) is 2. The Hall–Kier alpha value is -2.04. The summed E-state index contributed by atoms with van der Waals surface area (Å²) in [6.07, 6.45) is 4.42. The minimum Gasteiger partial charge on any atom is -0.508 e. The largest absolute Gasteiger partial charge is 0.508 e. The SMILES string of the molecule is Cl.N[C@@H](Cc1ccc(O)cc1)C(=O)OCCCCCc1ccccc1. The minimum absolute atomic E-state index is 0. The maximum absolute atomic E-state index is 11.9. The fourth-order valence-electron chi connectivity index (χ4n) is 2.50. The van der Waals surface area contributed by atoms with Gasteiger partial charge >= 0.3 is 5.97 Å². The van der Waals surface area contributed by atoms with Crippen LogP contribution in [0.5, 0.6) is 5.75 Å².